The summed E-state index contributed by atoms with van der Waals surface area (Å²) in [5.74, 6) is -0.453. The van der Waals surface area contributed by atoms with E-state index in [1.165, 1.54) is 18.2 Å². The minimum absolute atomic E-state index is 0.129. The lowest BCUT2D eigenvalue weighted by Gasteiger charge is -2.11. The van der Waals surface area contributed by atoms with Crippen molar-refractivity contribution in [3.8, 4) is 0 Å². The minimum Gasteiger partial charge on any atom is -0.321 e. The number of primary sulfonamides is 1. The Hall–Kier alpha value is -1.89. The molecular formula is C14H13ClN2O3S. The monoisotopic (exact) mass is 324 g/mol. The quantitative estimate of drug-likeness (QED) is 0.909. The fourth-order valence-corrected chi connectivity index (χ4v) is 2.73. The maximum absolute atomic E-state index is 12.3. The molecule has 0 fully saturated rings. The van der Waals surface area contributed by atoms with Gasteiger partial charge in [0.1, 0.15) is 4.90 Å². The summed E-state index contributed by atoms with van der Waals surface area (Å²) in [7, 11) is -3.92. The largest absolute Gasteiger partial charge is 0.321 e. The Bertz CT molecular complexity index is 804. The van der Waals surface area contributed by atoms with Crippen molar-refractivity contribution in [2.45, 2.75) is 11.8 Å². The first-order valence-electron chi connectivity index (χ1n) is 5.99. The van der Waals surface area contributed by atoms with E-state index < -0.39 is 15.9 Å². The van der Waals surface area contributed by atoms with Gasteiger partial charge in [-0.2, -0.15) is 0 Å². The summed E-state index contributed by atoms with van der Waals surface area (Å²) in [6, 6.07) is 10.9. The summed E-state index contributed by atoms with van der Waals surface area (Å²) >= 11 is 5.97. The minimum atomic E-state index is -3.92. The van der Waals surface area contributed by atoms with Crippen LogP contribution in [-0.4, -0.2) is 14.3 Å². The smallest absolute Gasteiger partial charge is 0.256 e. The molecule has 1 amide bonds. The number of nitrogens with two attached hydrogens (primary N) is 1. The molecule has 0 saturated carbocycles. The van der Waals surface area contributed by atoms with Gasteiger partial charge < -0.3 is 5.32 Å². The van der Waals surface area contributed by atoms with Crippen molar-refractivity contribution in [3.05, 3.63) is 58.6 Å². The second-order valence-electron chi connectivity index (χ2n) is 4.41. The molecule has 110 valence electrons. The van der Waals surface area contributed by atoms with Gasteiger partial charge in [0.2, 0.25) is 10.0 Å². The molecule has 0 aliphatic carbocycles. The predicted molar refractivity (Wildman–Crippen MR) is 82.0 cm³/mol. The van der Waals surface area contributed by atoms with Crippen molar-refractivity contribution in [2.75, 3.05) is 5.32 Å². The molecule has 5 nitrogen and oxygen atoms in total. The summed E-state index contributed by atoms with van der Waals surface area (Å²) < 4.78 is 23.0. The zero-order chi connectivity index (χ0) is 15.6. The Morgan fingerprint density at radius 2 is 1.81 bits per heavy atom. The number of anilines is 1. The van der Waals surface area contributed by atoms with E-state index >= 15 is 0 Å². The van der Waals surface area contributed by atoms with Crippen LogP contribution < -0.4 is 10.5 Å². The van der Waals surface area contributed by atoms with Gasteiger partial charge in [-0.25, -0.2) is 13.6 Å². The van der Waals surface area contributed by atoms with E-state index in [-0.39, 0.29) is 10.6 Å². The number of hydrogen-bond donors (Lipinski definition) is 2. The highest BCUT2D eigenvalue weighted by molar-refractivity contribution is 7.89. The molecule has 0 aliphatic heterocycles. The van der Waals surface area contributed by atoms with Crippen LogP contribution in [0.2, 0.25) is 5.02 Å². The molecule has 3 N–H and O–H groups in total. The van der Waals surface area contributed by atoms with Gasteiger partial charge >= 0.3 is 0 Å². The number of rotatable bonds is 3. The van der Waals surface area contributed by atoms with Gasteiger partial charge in [-0.3, -0.25) is 4.79 Å². The van der Waals surface area contributed by atoms with Crippen molar-refractivity contribution >= 4 is 33.2 Å². The average Bonchev–Trinajstić information content (AvgIpc) is 2.41. The second-order valence-corrected chi connectivity index (χ2v) is 6.34. The Morgan fingerprint density at radius 1 is 1.14 bits per heavy atom. The van der Waals surface area contributed by atoms with E-state index in [4.69, 9.17) is 16.7 Å². The van der Waals surface area contributed by atoms with E-state index in [1.807, 2.05) is 0 Å². The van der Waals surface area contributed by atoms with E-state index in [0.29, 0.717) is 16.1 Å². The number of sulfonamides is 1. The van der Waals surface area contributed by atoms with Crippen LogP contribution >= 0.6 is 11.6 Å². The molecule has 0 aromatic heterocycles. The van der Waals surface area contributed by atoms with Crippen molar-refractivity contribution in [3.63, 3.8) is 0 Å². The van der Waals surface area contributed by atoms with Crippen LogP contribution in [0, 0.1) is 6.92 Å². The maximum Gasteiger partial charge on any atom is 0.256 e. The molecule has 0 aliphatic rings. The third-order valence-corrected chi connectivity index (χ3v) is 4.33. The van der Waals surface area contributed by atoms with E-state index in [0.717, 1.165) is 0 Å². The summed E-state index contributed by atoms with van der Waals surface area (Å²) in [5.41, 5.74) is 1.11. The van der Waals surface area contributed by atoms with Crippen LogP contribution in [0.15, 0.2) is 47.4 Å². The van der Waals surface area contributed by atoms with Gasteiger partial charge in [0.25, 0.3) is 5.91 Å². The lowest BCUT2D eigenvalue weighted by molar-refractivity contribution is 0.102. The molecule has 0 spiro atoms. The number of amides is 1. The third kappa shape index (κ3) is 3.41. The molecule has 21 heavy (non-hydrogen) atoms. The van der Waals surface area contributed by atoms with Crippen molar-refractivity contribution < 1.29 is 13.2 Å². The lowest BCUT2D eigenvalue weighted by atomic mass is 10.1. The molecule has 0 bridgehead atoms. The number of nitrogens with one attached hydrogen (secondary N) is 1. The molecule has 2 aromatic carbocycles. The maximum atomic E-state index is 12.3. The molecule has 0 radical (unpaired) electrons. The summed E-state index contributed by atoms with van der Waals surface area (Å²) in [6.45, 7) is 1.71. The first kappa shape index (κ1) is 15.5. The van der Waals surface area contributed by atoms with Gasteiger partial charge in [-0.1, -0.05) is 29.8 Å². The zero-order valence-corrected chi connectivity index (χ0v) is 12.7. The van der Waals surface area contributed by atoms with Gasteiger partial charge in [0.15, 0.2) is 0 Å². The Labute approximate surface area is 127 Å². The van der Waals surface area contributed by atoms with Crippen molar-refractivity contribution in [1.29, 1.82) is 0 Å². The molecule has 2 rings (SSSR count). The summed E-state index contributed by atoms with van der Waals surface area (Å²) in [5, 5.41) is 8.13. The molecule has 2 aromatic rings. The highest BCUT2D eigenvalue weighted by Crippen LogP contribution is 2.23. The van der Waals surface area contributed by atoms with Gasteiger partial charge in [-0.05, 0) is 36.8 Å². The van der Waals surface area contributed by atoms with E-state index in [9.17, 15) is 13.2 Å². The van der Waals surface area contributed by atoms with Crippen LogP contribution in [0.4, 0.5) is 5.69 Å². The standard InChI is InChI=1S/C14H13ClN2O3S/c1-9-10(5-4-6-11(9)15)14(18)17-12-7-2-3-8-13(12)21(16,19)20/h2-8H,1H3,(H,17,18)(H2,16,19,20). The molecule has 0 unspecified atom stereocenters. The first-order chi connectivity index (χ1) is 9.80. The van der Waals surface area contributed by atoms with Crippen molar-refractivity contribution in [1.82, 2.24) is 0 Å². The molecule has 0 heterocycles. The highest BCUT2D eigenvalue weighted by atomic mass is 35.5. The molecule has 0 atom stereocenters. The van der Waals surface area contributed by atoms with E-state index in [1.54, 1.807) is 31.2 Å². The first-order valence-corrected chi connectivity index (χ1v) is 7.91. The number of para-hydroxylation sites is 1. The second kappa shape index (κ2) is 5.85. The molecule has 7 heteroatoms. The Balaban J connectivity index is 2.40. The number of carbonyl (C=O) groups is 1. The normalized spacial score (nSPS) is 11.2. The van der Waals surface area contributed by atoms with Crippen LogP contribution in [0.5, 0.6) is 0 Å². The Kier molecular flexibility index (Phi) is 4.32. The lowest BCUT2D eigenvalue weighted by Crippen LogP contribution is -2.19. The SMILES string of the molecule is Cc1c(Cl)cccc1C(=O)Nc1ccccc1S(N)(=O)=O. The van der Waals surface area contributed by atoms with Gasteiger partial charge in [0.05, 0.1) is 5.69 Å². The van der Waals surface area contributed by atoms with Crippen LogP contribution in [0.1, 0.15) is 15.9 Å². The number of carbonyl (C=O) groups excluding carboxylic acids is 1. The predicted octanol–water partition coefficient (Wildman–Crippen LogP) is 2.55. The third-order valence-electron chi connectivity index (χ3n) is 2.95. The molecular weight excluding hydrogens is 312 g/mol. The fraction of sp³-hybridized carbons (Fsp3) is 0.0714. The number of benzene rings is 2. The van der Waals surface area contributed by atoms with Crippen molar-refractivity contribution in [2.24, 2.45) is 5.14 Å². The topological polar surface area (TPSA) is 89.3 Å². The molecule has 0 saturated heterocycles. The van der Waals surface area contributed by atoms with Crippen LogP contribution in [-0.2, 0) is 10.0 Å². The van der Waals surface area contributed by atoms with Gasteiger partial charge in [-0.15, -0.1) is 0 Å². The fourth-order valence-electron chi connectivity index (χ4n) is 1.86. The number of halogens is 1. The summed E-state index contributed by atoms with van der Waals surface area (Å²) in [4.78, 5) is 12.1. The Morgan fingerprint density at radius 3 is 2.48 bits per heavy atom. The number of hydrogen-bond acceptors (Lipinski definition) is 3. The van der Waals surface area contributed by atoms with Crippen LogP contribution in [0.3, 0.4) is 0 Å². The summed E-state index contributed by atoms with van der Waals surface area (Å²) in [6.07, 6.45) is 0. The highest BCUT2D eigenvalue weighted by Gasteiger charge is 2.17. The zero-order valence-electron chi connectivity index (χ0n) is 11.1. The van der Waals surface area contributed by atoms with Gasteiger partial charge in [0, 0.05) is 10.6 Å². The van der Waals surface area contributed by atoms with Crippen LogP contribution in [0.25, 0.3) is 0 Å². The van der Waals surface area contributed by atoms with E-state index in [2.05, 4.69) is 5.32 Å². The average molecular weight is 325 g/mol.